The van der Waals surface area contributed by atoms with Gasteiger partial charge in [0.15, 0.2) is 9.34 Å². The lowest BCUT2D eigenvalue weighted by atomic mass is 10.1. The highest BCUT2D eigenvalue weighted by Gasteiger charge is 2.36. The van der Waals surface area contributed by atoms with E-state index in [-0.39, 0.29) is 39.9 Å². The Morgan fingerprint density at radius 2 is 1.88 bits per heavy atom. The predicted molar refractivity (Wildman–Crippen MR) is 161 cm³/mol. The van der Waals surface area contributed by atoms with Crippen LogP contribution in [0.15, 0.2) is 21.7 Å². The van der Waals surface area contributed by atoms with Gasteiger partial charge in [0.25, 0.3) is 10.0 Å². The molecule has 2 fully saturated rings. The van der Waals surface area contributed by atoms with Gasteiger partial charge in [0.05, 0.1) is 16.6 Å². The van der Waals surface area contributed by atoms with Gasteiger partial charge >= 0.3 is 0 Å². The molecule has 0 spiro atoms. The molecule has 2 atom stereocenters. The molecular formula is C24H31ClN6O7S4. The number of piperidine rings is 1. The summed E-state index contributed by atoms with van der Waals surface area (Å²) in [6.07, 6.45) is 3.45. The van der Waals surface area contributed by atoms with Crippen molar-refractivity contribution in [2.24, 2.45) is 0 Å². The number of thiophene rings is 1. The van der Waals surface area contributed by atoms with Crippen molar-refractivity contribution in [3.05, 3.63) is 32.4 Å². The Kier molecular flexibility index (Phi) is 10.4. The Morgan fingerprint density at radius 1 is 1.14 bits per heavy atom. The molecule has 0 saturated carbocycles. The second kappa shape index (κ2) is 13.5. The van der Waals surface area contributed by atoms with Crippen molar-refractivity contribution >= 4 is 83.3 Å². The minimum Gasteiger partial charge on any atom is -0.337 e. The molecule has 0 bridgehead atoms. The number of anilines is 1. The SMILES string of the molecule is CC(=O)Nc1nc(C)c(S(=O)(=O)NC[C@H]2CCCN2C(=O)CN2CCC[C@H](NS(=O)(=O)C=Cc3ccc(Cl)s3)C2=O)s1. The smallest absolute Gasteiger partial charge is 0.252 e. The lowest BCUT2D eigenvalue weighted by molar-refractivity contribution is -0.143. The summed E-state index contributed by atoms with van der Waals surface area (Å²) in [4.78, 5) is 45.2. The van der Waals surface area contributed by atoms with Crippen LogP contribution in [0.1, 0.15) is 43.2 Å². The Labute approximate surface area is 257 Å². The molecule has 2 saturated heterocycles. The van der Waals surface area contributed by atoms with E-state index in [9.17, 15) is 31.2 Å². The summed E-state index contributed by atoms with van der Waals surface area (Å²) in [6.45, 7) is 3.27. The summed E-state index contributed by atoms with van der Waals surface area (Å²) in [7, 11) is -7.88. The molecule has 2 aliphatic rings. The first-order valence-corrected chi connectivity index (χ1v) is 18.1. The van der Waals surface area contributed by atoms with Crippen LogP contribution in [0.3, 0.4) is 0 Å². The van der Waals surface area contributed by atoms with Crippen LogP contribution < -0.4 is 14.8 Å². The maximum absolute atomic E-state index is 13.2. The first-order chi connectivity index (χ1) is 19.7. The third-order valence-electron chi connectivity index (χ3n) is 6.66. The van der Waals surface area contributed by atoms with E-state index < -0.39 is 38.0 Å². The van der Waals surface area contributed by atoms with E-state index in [0.717, 1.165) is 16.7 Å². The number of aryl methyl sites for hydroxylation is 1. The van der Waals surface area contributed by atoms with Crippen LogP contribution in [0.4, 0.5) is 5.13 Å². The van der Waals surface area contributed by atoms with E-state index in [1.807, 2.05) is 0 Å². The van der Waals surface area contributed by atoms with Crippen molar-refractivity contribution in [3.8, 4) is 0 Å². The van der Waals surface area contributed by atoms with Crippen molar-refractivity contribution in [1.82, 2.24) is 24.2 Å². The zero-order valence-corrected chi connectivity index (χ0v) is 26.9. The number of likely N-dealkylation sites (tertiary alicyclic amines) is 2. The summed E-state index contributed by atoms with van der Waals surface area (Å²) < 4.78 is 56.5. The molecular weight excluding hydrogens is 648 g/mol. The molecule has 0 aromatic carbocycles. The Hall–Kier alpha value is -2.41. The highest BCUT2D eigenvalue weighted by Crippen LogP contribution is 2.28. The van der Waals surface area contributed by atoms with E-state index in [1.165, 1.54) is 36.2 Å². The van der Waals surface area contributed by atoms with Crippen LogP contribution in [0.25, 0.3) is 6.08 Å². The zero-order chi connectivity index (χ0) is 30.7. The number of nitrogens with zero attached hydrogens (tertiary/aromatic N) is 3. The molecule has 2 aromatic heterocycles. The van der Waals surface area contributed by atoms with Crippen molar-refractivity contribution in [2.45, 2.75) is 55.8 Å². The molecule has 18 heteroatoms. The fourth-order valence-corrected chi connectivity index (χ4v) is 9.40. The van der Waals surface area contributed by atoms with Crippen molar-refractivity contribution in [1.29, 1.82) is 0 Å². The van der Waals surface area contributed by atoms with Gasteiger partial charge in [-0.05, 0) is 50.8 Å². The number of hydrogen-bond acceptors (Lipinski definition) is 10. The number of aromatic nitrogens is 1. The van der Waals surface area contributed by atoms with Gasteiger partial charge in [-0.2, -0.15) is 4.72 Å². The minimum atomic E-state index is -3.95. The fourth-order valence-electron chi connectivity index (χ4n) is 4.76. The second-order valence-corrected chi connectivity index (χ2v) is 16.2. The third kappa shape index (κ3) is 8.36. The maximum Gasteiger partial charge on any atom is 0.252 e. The molecule has 2 aromatic rings. The third-order valence-corrected chi connectivity index (χ3v) is 12.1. The Morgan fingerprint density at radius 3 is 2.57 bits per heavy atom. The Bertz CT molecular complexity index is 1590. The van der Waals surface area contributed by atoms with Gasteiger partial charge in [0, 0.05) is 42.9 Å². The number of sulfonamides is 2. The van der Waals surface area contributed by atoms with Crippen molar-refractivity contribution in [3.63, 3.8) is 0 Å². The topological polar surface area (TPSA) is 175 Å². The van der Waals surface area contributed by atoms with Crippen LogP contribution in [-0.4, -0.2) is 87.6 Å². The number of hydrogen-bond donors (Lipinski definition) is 3. The number of carbonyl (C=O) groups excluding carboxylic acids is 3. The normalized spacial score (nSPS) is 20.0. The number of nitrogens with one attached hydrogen (secondary N) is 3. The average molecular weight is 679 g/mol. The second-order valence-electron chi connectivity index (χ2n) is 9.87. The van der Waals surface area contributed by atoms with Gasteiger partial charge in [-0.3, -0.25) is 14.4 Å². The lowest BCUT2D eigenvalue weighted by Gasteiger charge is -2.34. The van der Waals surface area contributed by atoms with E-state index in [4.69, 9.17) is 11.6 Å². The van der Waals surface area contributed by atoms with Crippen molar-refractivity contribution in [2.75, 3.05) is 31.5 Å². The fraction of sp³-hybridized carbons (Fsp3) is 0.500. The highest BCUT2D eigenvalue weighted by atomic mass is 35.5. The van der Waals surface area contributed by atoms with E-state index in [2.05, 4.69) is 19.7 Å². The van der Waals surface area contributed by atoms with Crippen LogP contribution in [0.2, 0.25) is 4.34 Å². The van der Waals surface area contributed by atoms with E-state index >= 15 is 0 Å². The zero-order valence-electron chi connectivity index (χ0n) is 22.8. The molecule has 13 nitrogen and oxygen atoms in total. The summed E-state index contributed by atoms with van der Waals surface area (Å²) >= 11 is 7.93. The van der Waals surface area contributed by atoms with Gasteiger partial charge in [0.2, 0.25) is 27.7 Å². The van der Waals surface area contributed by atoms with Gasteiger partial charge in [-0.1, -0.05) is 22.9 Å². The standard InChI is InChI=1S/C24H31ClN6O7S4/c1-15-23(40-24(27-15)28-16(2)32)42(37,38)26-13-17-5-3-11-31(17)21(33)14-30-10-4-6-19(22(30)34)29-41(35,36)12-9-18-7-8-20(25)39-18/h7-9,12,17,19,26,29H,3-6,10-11,13-14H2,1-2H3,(H,27,28,32)/t17-,19+/m1/s1. The van der Waals surface area contributed by atoms with Crippen LogP contribution in [-0.2, 0) is 34.4 Å². The molecule has 0 unspecified atom stereocenters. The van der Waals surface area contributed by atoms with Gasteiger partial charge in [-0.15, -0.1) is 11.3 Å². The molecule has 4 rings (SSSR count). The largest absolute Gasteiger partial charge is 0.337 e. The minimum absolute atomic E-state index is 0.0245. The molecule has 230 valence electrons. The first kappa shape index (κ1) is 32.5. The first-order valence-electron chi connectivity index (χ1n) is 13.0. The monoisotopic (exact) mass is 678 g/mol. The van der Waals surface area contributed by atoms with E-state index in [1.54, 1.807) is 17.0 Å². The number of thiazole rings is 1. The lowest BCUT2D eigenvalue weighted by Crippen LogP contribution is -2.55. The predicted octanol–water partition coefficient (Wildman–Crippen LogP) is 1.98. The molecule has 2 aliphatic heterocycles. The van der Waals surface area contributed by atoms with Crippen LogP contribution >= 0.6 is 34.3 Å². The van der Waals surface area contributed by atoms with Gasteiger partial charge in [-0.25, -0.2) is 26.5 Å². The Balaban J connectivity index is 1.34. The van der Waals surface area contributed by atoms with Crippen LogP contribution in [0, 0.1) is 6.92 Å². The van der Waals surface area contributed by atoms with Gasteiger partial charge in [0.1, 0.15) is 6.04 Å². The number of rotatable bonds is 11. The summed E-state index contributed by atoms with van der Waals surface area (Å²) in [6, 6.07) is 1.91. The molecule has 0 radical (unpaired) electrons. The molecule has 0 aliphatic carbocycles. The molecule has 4 heterocycles. The molecule has 42 heavy (non-hydrogen) atoms. The molecule has 3 amide bonds. The van der Waals surface area contributed by atoms with Crippen LogP contribution in [0.5, 0.6) is 0 Å². The number of halogens is 1. The van der Waals surface area contributed by atoms with Gasteiger partial charge < -0.3 is 15.1 Å². The molecule has 3 N–H and O–H groups in total. The maximum atomic E-state index is 13.2. The van der Waals surface area contributed by atoms with Crippen molar-refractivity contribution < 1.29 is 31.2 Å². The quantitative estimate of drug-likeness (QED) is 0.323. The highest BCUT2D eigenvalue weighted by molar-refractivity contribution is 7.92. The van der Waals surface area contributed by atoms with E-state index in [0.29, 0.717) is 48.0 Å². The summed E-state index contributed by atoms with van der Waals surface area (Å²) in [5.41, 5.74) is 0.246. The number of amides is 3. The number of carbonyl (C=O) groups is 3. The summed E-state index contributed by atoms with van der Waals surface area (Å²) in [5, 5.41) is 3.63. The summed E-state index contributed by atoms with van der Waals surface area (Å²) in [5.74, 6) is -1.20. The average Bonchev–Trinajstić information content (AvgIpc) is 3.63.